The first kappa shape index (κ1) is 20.4. The van der Waals surface area contributed by atoms with Crippen molar-refractivity contribution in [2.45, 2.75) is 38.3 Å². The minimum atomic E-state index is -0.264. The van der Waals surface area contributed by atoms with Gasteiger partial charge in [-0.05, 0) is 30.5 Å². The smallest absolute Gasteiger partial charge is 0.249 e. The summed E-state index contributed by atoms with van der Waals surface area (Å²) in [5.74, 6) is 1.03. The second-order valence-electron chi connectivity index (χ2n) is 7.98. The molecule has 3 aliphatic rings. The quantitative estimate of drug-likeness (QED) is 0.717. The Bertz CT molecular complexity index is 1080. The minimum Gasteiger partial charge on any atom is -0.356 e. The van der Waals surface area contributed by atoms with E-state index in [1.165, 1.54) is 0 Å². The fourth-order valence-electron chi connectivity index (χ4n) is 4.26. The Morgan fingerprint density at radius 1 is 1.26 bits per heavy atom. The number of likely N-dealkylation sites (N-methyl/N-ethyl adjacent to an activating group) is 1. The number of nitrogens with one attached hydrogen (secondary N) is 2. The average Bonchev–Trinajstić information content (AvgIpc) is 3.43. The highest BCUT2D eigenvalue weighted by Crippen LogP contribution is 2.29. The summed E-state index contributed by atoms with van der Waals surface area (Å²) in [6, 6.07) is 5.51. The molecular formula is C21H23Cl2N7O. The number of hydrogen-bond acceptors (Lipinski definition) is 6. The lowest BCUT2D eigenvalue weighted by Crippen LogP contribution is -2.57. The van der Waals surface area contributed by atoms with E-state index in [2.05, 4.69) is 20.6 Å². The highest BCUT2D eigenvalue weighted by molar-refractivity contribution is 6.42. The van der Waals surface area contributed by atoms with Crippen LogP contribution in [-0.2, 0) is 17.9 Å². The number of hydrogen-bond donors (Lipinski definition) is 2. The molecule has 0 bridgehead atoms. The average molecular weight is 460 g/mol. The second-order valence-corrected chi connectivity index (χ2v) is 8.79. The summed E-state index contributed by atoms with van der Waals surface area (Å²) in [5, 5.41) is 12.2. The van der Waals surface area contributed by atoms with E-state index in [0.717, 1.165) is 42.0 Å². The van der Waals surface area contributed by atoms with Gasteiger partial charge in [0.05, 0.1) is 22.8 Å². The third-order valence-corrected chi connectivity index (χ3v) is 6.61. The number of carbonyl (C=O) groups is 1. The molecule has 2 N–H and O–H groups in total. The SMILES string of the molecule is CN1C(=O)[C@@H]2CCCN2C2=NC(NCc3cnn(Cc4ccc(Cl)c(Cl)c4)c3)NC=C21. The molecule has 1 aromatic carbocycles. The van der Waals surface area contributed by atoms with E-state index in [1.807, 2.05) is 42.5 Å². The molecule has 1 unspecified atom stereocenters. The van der Waals surface area contributed by atoms with E-state index in [4.69, 9.17) is 28.2 Å². The van der Waals surface area contributed by atoms with E-state index in [1.54, 1.807) is 11.0 Å². The fraction of sp³-hybridized carbons (Fsp3) is 0.381. The first-order chi connectivity index (χ1) is 15.0. The zero-order chi connectivity index (χ0) is 21.5. The van der Waals surface area contributed by atoms with Crippen molar-refractivity contribution in [1.82, 2.24) is 30.2 Å². The minimum absolute atomic E-state index is 0.0840. The Hall–Kier alpha value is -2.55. The van der Waals surface area contributed by atoms with Crippen LogP contribution in [0.5, 0.6) is 0 Å². The Labute approximate surface area is 190 Å². The van der Waals surface area contributed by atoms with Crippen molar-refractivity contribution in [3.8, 4) is 0 Å². The number of amides is 1. The van der Waals surface area contributed by atoms with E-state index in [9.17, 15) is 4.79 Å². The summed E-state index contributed by atoms with van der Waals surface area (Å²) < 4.78 is 1.87. The fourth-order valence-corrected chi connectivity index (χ4v) is 4.58. The van der Waals surface area contributed by atoms with E-state index in [0.29, 0.717) is 23.1 Å². The van der Waals surface area contributed by atoms with Crippen molar-refractivity contribution in [2.75, 3.05) is 13.6 Å². The van der Waals surface area contributed by atoms with Crippen LogP contribution in [0.25, 0.3) is 0 Å². The van der Waals surface area contributed by atoms with Crippen LogP contribution >= 0.6 is 23.2 Å². The van der Waals surface area contributed by atoms with Gasteiger partial charge >= 0.3 is 0 Å². The Kier molecular flexibility index (Phi) is 5.37. The van der Waals surface area contributed by atoms with E-state index < -0.39 is 0 Å². The highest BCUT2D eigenvalue weighted by Gasteiger charge is 2.43. The lowest BCUT2D eigenvalue weighted by Gasteiger charge is -2.41. The van der Waals surface area contributed by atoms with Gasteiger partial charge in [0, 0.05) is 38.1 Å². The molecule has 0 saturated carbocycles. The Morgan fingerprint density at radius 3 is 2.97 bits per heavy atom. The van der Waals surface area contributed by atoms with Gasteiger partial charge in [-0.1, -0.05) is 29.3 Å². The molecule has 4 heterocycles. The molecule has 31 heavy (non-hydrogen) atoms. The third kappa shape index (κ3) is 3.91. The van der Waals surface area contributed by atoms with Crippen LogP contribution in [0.1, 0.15) is 24.0 Å². The van der Waals surface area contributed by atoms with Gasteiger partial charge in [0.15, 0.2) is 12.1 Å². The van der Waals surface area contributed by atoms with Crippen molar-refractivity contribution >= 4 is 34.9 Å². The predicted molar refractivity (Wildman–Crippen MR) is 120 cm³/mol. The van der Waals surface area contributed by atoms with Gasteiger partial charge < -0.3 is 15.1 Å². The maximum Gasteiger partial charge on any atom is 0.249 e. The van der Waals surface area contributed by atoms with E-state index >= 15 is 0 Å². The molecule has 5 rings (SSSR count). The molecule has 10 heteroatoms. The molecule has 3 aliphatic heterocycles. The van der Waals surface area contributed by atoms with Crippen LogP contribution < -0.4 is 10.6 Å². The summed E-state index contributed by atoms with van der Waals surface area (Å²) in [6.07, 6.45) is 7.35. The van der Waals surface area contributed by atoms with Gasteiger partial charge in [-0.15, -0.1) is 0 Å². The number of halogens is 2. The number of carbonyl (C=O) groups excluding carboxylic acids is 1. The maximum absolute atomic E-state index is 12.5. The molecule has 2 fully saturated rings. The van der Waals surface area contributed by atoms with Gasteiger partial charge in [0.2, 0.25) is 5.91 Å². The monoisotopic (exact) mass is 459 g/mol. The zero-order valence-corrected chi connectivity index (χ0v) is 18.6. The number of nitrogens with zero attached hydrogens (tertiary/aromatic N) is 5. The molecule has 0 aliphatic carbocycles. The predicted octanol–water partition coefficient (Wildman–Crippen LogP) is 2.39. The summed E-state index contributed by atoms with van der Waals surface area (Å²) in [6.45, 7) is 2.09. The van der Waals surface area contributed by atoms with Crippen LogP contribution in [0.3, 0.4) is 0 Å². The number of aliphatic imine (C=N–C) groups is 1. The lowest BCUT2D eigenvalue weighted by molar-refractivity contribution is -0.132. The third-order valence-electron chi connectivity index (χ3n) is 5.88. The molecule has 8 nitrogen and oxygen atoms in total. The summed E-state index contributed by atoms with van der Waals surface area (Å²) in [5.41, 5.74) is 2.91. The number of rotatable bonds is 5. The van der Waals surface area contributed by atoms with Gasteiger partial charge in [-0.25, -0.2) is 4.99 Å². The van der Waals surface area contributed by atoms with Crippen molar-refractivity contribution in [2.24, 2.45) is 4.99 Å². The highest BCUT2D eigenvalue weighted by atomic mass is 35.5. The van der Waals surface area contributed by atoms with Crippen LogP contribution in [0.15, 0.2) is 47.5 Å². The van der Waals surface area contributed by atoms with Crippen LogP contribution in [0.2, 0.25) is 10.0 Å². The second kappa shape index (κ2) is 8.18. The molecule has 2 saturated heterocycles. The summed E-state index contributed by atoms with van der Waals surface area (Å²) >= 11 is 12.1. The van der Waals surface area contributed by atoms with Gasteiger partial charge in [0.1, 0.15) is 11.7 Å². The molecule has 2 atom stereocenters. The first-order valence-electron chi connectivity index (χ1n) is 10.3. The Balaban J connectivity index is 1.23. The Morgan fingerprint density at radius 2 is 2.13 bits per heavy atom. The van der Waals surface area contributed by atoms with Gasteiger partial charge in [-0.2, -0.15) is 5.10 Å². The number of fused-ring (bicyclic) bond motifs is 3. The standard InChI is InChI=1S/C21H23Cl2N7O/c1-28-18-10-25-21(27-19(18)30-6-2-3-17(30)20(28)31)24-8-14-9-26-29(12-14)11-13-4-5-15(22)16(23)7-13/h4-5,7,9-10,12,17,21,24-25H,2-3,6,8,11H2,1H3/t17-,21?/m0/s1. The molecule has 0 radical (unpaired) electrons. The number of piperazine rings is 1. The van der Waals surface area contributed by atoms with Gasteiger partial charge in [-0.3, -0.25) is 14.8 Å². The molecule has 1 aromatic heterocycles. The zero-order valence-electron chi connectivity index (χ0n) is 17.1. The first-order valence-corrected chi connectivity index (χ1v) is 11.0. The normalized spacial score (nSPS) is 22.6. The summed E-state index contributed by atoms with van der Waals surface area (Å²) in [7, 11) is 1.82. The van der Waals surface area contributed by atoms with Crippen molar-refractivity contribution < 1.29 is 4.79 Å². The number of benzene rings is 1. The largest absolute Gasteiger partial charge is 0.356 e. The van der Waals surface area contributed by atoms with Crippen molar-refractivity contribution in [3.63, 3.8) is 0 Å². The number of amidine groups is 1. The maximum atomic E-state index is 12.5. The van der Waals surface area contributed by atoms with Crippen molar-refractivity contribution in [3.05, 3.63) is 63.7 Å². The van der Waals surface area contributed by atoms with Crippen LogP contribution in [0.4, 0.5) is 0 Å². The van der Waals surface area contributed by atoms with Crippen molar-refractivity contribution in [1.29, 1.82) is 0 Å². The van der Waals surface area contributed by atoms with Crippen LogP contribution in [-0.4, -0.2) is 57.2 Å². The lowest BCUT2D eigenvalue weighted by atomic mass is 10.1. The molecule has 2 aromatic rings. The molecule has 162 valence electrons. The number of aromatic nitrogens is 2. The van der Waals surface area contributed by atoms with E-state index in [-0.39, 0.29) is 18.2 Å². The molecule has 1 amide bonds. The molecular weight excluding hydrogens is 437 g/mol. The summed E-state index contributed by atoms with van der Waals surface area (Å²) in [4.78, 5) is 21.2. The topological polar surface area (TPSA) is 77.8 Å². The van der Waals surface area contributed by atoms with Crippen LogP contribution in [0, 0.1) is 0 Å². The molecule has 0 spiro atoms. The van der Waals surface area contributed by atoms with Gasteiger partial charge in [0.25, 0.3) is 0 Å².